The summed E-state index contributed by atoms with van der Waals surface area (Å²) in [6, 6.07) is 6.35. The standard InChI is InChI=1S/C22H24N4O2S/c1-14-10-16(11-17(12-23)21(27)25-8-9-28-3)15(2)26(14)22-19(13-24)18-6-4-5-7-20(18)29-22/h10-11H,4-9H2,1-3H3,(H,25,27)/b17-11+. The first-order chi connectivity index (χ1) is 14.0. The van der Waals surface area contributed by atoms with Crippen LogP contribution >= 0.6 is 11.3 Å². The van der Waals surface area contributed by atoms with E-state index in [-0.39, 0.29) is 5.57 Å². The number of thiophene rings is 1. The highest BCUT2D eigenvalue weighted by Crippen LogP contribution is 2.38. The van der Waals surface area contributed by atoms with Gasteiger partial charge in [0.25, 0.3) is 5.91 Å². The van der Waals surface area contributed by atoms with Gasteiger partial charge in [-0.1, -0.05) is 0 Å². The van der Waals surface area contributed by atoms with E-state index in [0.29, 0.717) is 13.2 Å². The van der Waals surface area contributed by atoms with Gasteiger partial charge in [0, 0.05) is 29.9 Å². The lowest BCUT2D eigenvalue weighted by Crippen LogP contribution is -2.27. The number of nitriles is 2. The highest BCUT2D eigenvalue weighted by molar-refractivity contribution is 7.15. The van der Waals surface area contributed by atoms with E-state index in [0.717, 1.165) is 46.8 Å². The number of aryl methyl sites for hydroxylation is 2. The Bertz CT molecular complexity index is 1050. The highest BCUT2D eigenvalue weighted by Gasteiger charge is 2.24. The first kappa shape index (κ1) is 20.9. The minimum atomic E-state index is -0.418. The van der Waals surface area contributed by atoms with Gasteiger partial charge in [0.05, 0.1) is 12.2 Å². The molecule has 2 aromatic rings. The molecule has 0 radical (unpaired) electrons. The molecule has 2 aromatic heterocycles. The van der Waals surface area contributed by atoms with Crippen molar-refractivity contribution >= 4 is 23.3 Å². The van der Waals surface area contributed by atoms with Crippen LogP contribution in [0, 0.1) is 36.5 Å². The molecule has 6 nitrogen and oxygen atoms in total. The van der Waals surface area contributed by atoms with Crippen molar-refractivity contribution in [3.63, 3.8) is 0 Å². The van der Waals surface area contributed by atoms with Crippen molar-refractivity contribution in [2.75, 3.05) is 20.3 Å². The van der Waals surface area contributed by atoms with Gasteiger partial charge in [-0.15, -0.1) is 11.3 Å². The predicted octanol–water partition coefficient (Wildman–Crippen LogP) is 3.58. The van der Waals surface area contributed by atoms with Crippen LogP contribution in [0.5, 0.6) is 0 Å². The molecule has 7 heteroatoms. The molecular weight excluding hydrogens is 384 g/mol. The monoisotopic (exact) mass is 408 g/mol. The first-order valence-electron chi connectivity index (χ1n) is 9.64. The van der Waals surface area contributed by atoms with Crippen LogP contribution in [0.1, 0.15) is 45.8 Å². The Kier molecular flexibility index (Phi) is 6.53. The lowest BCUT2D eigenvalue weighted by molar-refractivity contribution is -0.117. The number of ether oxygens (including phenoxy) is 1. The number of hydrogen-bond acceptors (Lipinski definition) is 5. The van der Waals surface area contributed by atoms with Crippen molar-refractivity contribution in [3.8, 4) is 17.1 Å². The molecule has 0 saturated carbocycles. The normalized spacial score (nSPS) is 13.5. The van der Waals surface area contributed by atoms with Gasteiger partial charge in [-0.25, -0.2) is 0 Å². The van der Waals surface area contributed by atoms with Crippen molar-refractivity contribution in [2.24, 2.45) is 0 Å². The van der Waals surface area contributed by atoms with Crippen molar-refractivity contribution in [1.29, 1.82) is 10.5 Å². The summed E-state index contributed by atoms with van der Waals surface area (Å²) in [6.07, 6.45) is 5.89. The van der Waals surface area contributed by atoms with E-state index < -0.39 is 5.91 Å². The number of nitrogens with one attached hydrogen (secondary N) is 1. The molecule has 0 saturated heterocycles. The Morgan fingerprint density at radius 1 is 1.34 bits per heavy atom. The van der Waals surface area contributed by atoms with Crippen LogP contribution in [-0.4, -0.2) is 30.7 Å². The Hall–Kier alpha value is -2.87. The summed E-state index contributed by atoms with van der Waals surface area (Å²) >= 11 is 1.69. The molecule has 0 atom stereocenters. The molecule has 3 rings (SSSR count). The third-order valence-electron chi connectivity index (χ3n) is 5.19. The maximum atomic E-state index is 12.3. The average Bonchev–Trinajstić information content (AvgIpc) is 3.21. The summed E-state index contributed by atoms with van der Waals surface area (Å²) in [6.45, 7) is 4.67. The number of amides is 1. The molecular formula is C22H24N4O2S. The second-order valence-corrected chi connectivity index (χ2v) is 8.17. The summed E-state index contributed by atoms with van der Waals surface area (Å²) in [5.74, 6) is -0.418. The van der Waals surface area contributed by atoms with Crippen LogP contribution in [0.3, 0.4) is 0 Å². The molecule has 29 heavy (non-hydrogen) atoms. The summed E-state index contributed by atoms with van der Waals surface area (Å²) < 4.78 is 7.00. The van der Waals surface area contributed by atoms with Crippen molar-refractivity contribution in [1.82, 2.24) is 9.88 Å². The number of rotatable bonds is 6. The zero-order chi connectivity index (χ0) is 21.0. The van der Waals surface area contributed by atoms with Crippen LogP contribution < -0.4 is 5.32 Å². The van der Waals surface area contributed by atoms with Gasteiger partial charge in [-0.05, 0) is 62.8 Å². The molecule has 2 heterocycles. The topological polar surface area (TPSA) is 90.8 Å². The van der Waals surface area contributed by atoms with Crippen LogP contribution in [0.15, 0.2) is 11.6 Å². The van der Waals surface area contributed by atoms with Gasteiger partial charge in [0.2, 0.25) is 0 Å². The fourth-order valence-corrected chi connectivity index (χ4v) is 5.19. The third-order valence-corrected chi connectivity index (χ3v) is 6.47. The maximum absolute atomic E-state index is 12.3. The van der Waals surface area contributed by atoms with Crippen LogP contribution in [0.25, 0.3) is 11.1 Å². The summed E-state index contributed by atoms with van der Waals surface area (Å²) in [5.41, 5.74) is 4.69. The van der Waals surface area contributed by atoms with Crippen molar-refractivity contribution in [2.45, 2.75) is 39.5 Å². The zero-order valence-electron chi connectivity index (χ0n) is 17.0. The number of carbonyl (C=O) groups excluding carboxylic acids is 1. The van der Waals surface area contributed by atoms with Crippen LogP contribution in [-0.2, 0) is 22.4 Å². The quantitative estimate of drug-likeness (QED) is 0.449. The summed E-state index contributed by atoms with van der Waals surface area (Å²) in [7, 11) is 1.56. The number of nitrogens with zero attached hydrogens (tertiary/aromatic N) is 3. The smallest absolute Gasteiger partial charge is 0.262 e. The van der Waals surface area contributed by atoms with Gasteiger partial charge < -0.3 is 14.6 Å². The fourth-order valence-electron chi connectivity index (χ4n) is 3.74. The Balaban J connectivity index is 2.00. The minimum absolute atomic E-state index is 0.0485. The number of hydrogen-bond donors (Lipinski definition) is 1. The third kappa shape index (κ3) is 4.12. The lowest BCUT2D eigenvalue weighted by atomic mass is 9.96. The van der Waals surface area contributed by atoms with E-state index in [4.69, 9.17) is 4.74 Å². The molecule has 0 bridgehead atoms. The van der Waals surface area contributed by atoms with Crippen LogP contribution in [0.4, 0.5) is 0 Å². The number of carbonyl (C=O) groups is 1. The van der Waals surface area contributed by atoms with E-state index in [9.17, 15) is 15.3 Å². The number of methoxy groups -OCH3 is 1. The van der Waals surface area contributed by atoms with Crippen LogP contribution in [0.2, 0.25) is 0 Å². The molecule has 0 aromatic carbocycles. The Morgan fingerprint density at radius 3 is 2.79 bits per heavy atom. The zero-order valence-corrected chi connectivity index (χ0v) is 17.8. The molecule has 0 unspecified atom stereocenters. The molecule has 1 aliphatic rings. The van der Waals surface area contributed by atoms with Gasteiger partial charge in [-0.2, -0.15) is 10.5 Å². The molecule has 0 fully saturated rings. The lowest BCUT2D eigenvalue weighted by Gasteiger charge is -2.10. The largest absolute Gasteiger partial charge is 0.383 e. The molecule has 0 aliphatic heterocycles. The Labute approximate surface area is 175 Å². The summed E-state index contributed by atoms with van der Waals surface area (Å²) in [4.78, 5) is 13.6. The predicted molar refractivity (Wildman–Crippen MR) is 113 cm³/mol. The van der Waals surface area contributed by atoms with Gasteiger partial charge in [-0.3, -0.25) is 4.79 Å². The van der Waals surface area contributed by atoms with Gasteiger partial charge in [0.1, 0.15) is 22.7 Å². The first-order valence-corrected chi connectivity index (χ1v) is 10.5. The fraction of sp³-hybridized carbons (Fsp3) is 0.409. The van der Waals surface area contributed by atoms with Gasteiger partial charge in [0.15, 0.2) is 0 Å². The van der Waals surface area contributed by atoms with E-state index in [2.05, 4.69) is 16.0 Å². The highest BCUT2D eigenvalue weighted by atomic mass is 32.1. The van der Waals surface area contributed by atoms with E-state index in [1.807, 2.05) is 26.0 Å². The number of aromatic nitrogens is 1. The second-order valence-electron chi connectivity index (χ2n) is 7.08. The SMILES string of the molecule is COCCNC(=O)/C(C#N)=C/c1cc(C)n(-c2sc3c(c2C#N)CCCC3)c1C. The Morgan fingerprint density at radius 2 is 2.10 bits per heavy atom. The molecule has 1 N–H and O–H groups in total. The van der Waals surface area contributed by atoms with E-state index in [1.165, 1.54) is 16.9 Å². The molecule has 0 spiro atoms. The van der Waals surface area contributed by atoms with E-state index in [1.54, 1.807) is 24.5 Å². The maximum Gasteiger partial charge on any atom is 0.262 e. The second kappa shape index (κ2) is 9.09. The molecule has 150 valence electrons. The van der Waals surface area contributed by atoms with Crippen molar-refractivity contribution in [3.05, 3.63) is 44.6 Å². The minimum Gasteiger partial charge on any atom is -0.383 e. The summed E-state index contributed by atoms with van der Waals surface area (Å²) in [5, 5.41) is 22.8. The molecule has 1 aliphatic carbocycles. The molecule has 1 amide bonds. The number of fused-ring (bicyclic) bond motifs is 1. The van der Waals surface area contributed by atoms with Crippen molar-refractivity contribution < 1.29 is 9.53 Å². The average molecular weight is 409 g/mol. The van der Waals surface area contributed by atoms with E-state index >= 15 is 0 Å². The van der Waals surface area contributed by atoms with Gasteiger partial charge >= 0.3 is 0 Å².